The molecule has 0 unspecified atom stereocenters. The van der Waals surface area contributed by atoms with Crippen LogP contribution in [0.1, 0.15) is 51.9 Å². The second-order valence-corrected chi connectivity index (χ2v) is 6.35. The second kappa shape index (κ2) is 8.49. The number of allylic oxidation sites excluding steroid dienone is 3. The molecule has 2 aliphatic rings. The van der Waals surface area contributed by atoms with Crippen LogP contribution in [0.15, 0.2) is 24.3 Å². The van der Waals surface area contributed by atoms with Gasteiger partial charge in [-0.3, -0.25) is 4.79 Å². The number of esters is 1. The average molecular weight is 308 g/mol. The summed E-state index contributed by atoms with van der Waals surface area (Å²) in [5, 5.41) is 20.2. The third kappa shape index (κ3) is 4.43. The van der Waals surface area contributed by atoms with Crippen LogP contribution in [-0.2, 0) is 9.53 Å². The lowest BCUT2D eigenvalue weighted by Crippen LogP contribution is -2.31. The van der Waals surface area contributed by atoms with E-state index in [0.717, 1.165) is 25.7 Å². The first kappa shape index (κ1) is 17.2. The van der Waals surface area contributed by atoms with E-state index < -0.39 is 12.2 Å². The quantitative estimate of drug-likeness (QED) is 0.577. The Bertz CT molecular complexity index is 415. The summed E-state index contributed by atoms with van der Waals surface area (Å²) in [5.41, 5.74) is 0. The molecule has 5 atom stereocenters. The molecular weight excluding hydrogens is 280 g/mol. The molecule has 0 spiro atoms. The predicted octanol–water partition coefficient (Wildman–Crippen LogP) is 2.74. The van der Waals surface area contributed by atoms with Gasteiger partial charge >= 0.3 is 5.97 Å². The van der Waals surface area contributed by atoms with Crippen molar-refractivity contribution in [1.82, 2.24) is 0 Å². The minimum Gasteiger partial charge on any atom is -0.462 e. The van der Waals surface area contributed by atoms with Crippen LogP contribution in [0.5, 0.6) is 0 Å². The Balaban J connectivity index is 2.16. The van der Waals surface area contributed by atoms with Crippen molar-refractivity contribution in [2.45, 2.75) is 70.2 Å². The lowest BCUT2D eigenvalue weighted by Gasteiger charge is -2.27. The van der Waals surface area contributed by atoms with Gasteiger partial charge in [-0.2, -0.15) is 0 Å². The molecule has 4 nitrogen and oxygen atoms in total. The fourth-order valence-corrected chi connectivity index (χ4v) is 3.50. The van der Waals surface area contributed by atoms with Gasteiger partial charge in [0.05, 0.1) is 12.2 Å². The Morgan fingerprint density at radius 3 is 2.82 bits per heavy atom. The van der Waals surface area contributed by atoms with Gasteiger partial charge in [0, 0.05) is 18.3 Å². The standard InChI is InChI=1S/C18H28O4/c1-2-16-14-12-15(19)18(21)13(14)10-8-6-4-3-5-7-9-11-17(20)22-16/h3-4,8,10,13-16,18-19,21H,2,5-7,9,11-12H2,1H3/b4-3-,10-8-/t13-,14+,15+,16-,18+/m1/s1. The SMILES string of the molecule is CC[C@H]1OC(=O)CCCC/C=C\C/C=C\[C@H]2[C@H](O)[C@@H](O)C[C@@H]21. The monoisotopic (exact) mass is 308 g/mol. The molecular formula is C18H28O4. The number of cyclic esters (lactones) is 1. The molecule has 0 saturated heterocycles. The molecule has 0 aromatic carbocycles. The summed E-state index contributed by atoms with van der Waals surface area (Å²) in [7, 11) is 0. The van der Waals surface area contributed by atoms with Crippen molar-refractivity contribution < 1.29 is 19.7 Å². The molecule has 1 saturated carbocycles. The van der Waals surface area contributed by atoms with Crippen molar-refractivity contribution in [3.8, 4) is 0 Å². The van der Waals surface area contributed by atoms with Gasteiger partial charge in [-0.05, 0) is 38.5 Å². The van der Waals surface area contributed by atoms with Gasteiger partial charge in [-0.15, -0.1) is 0 Å². The minimum atomic E-state index is -0.772. The van der Waals surface area contributed by atoms with Gasteiger partial charge in [0.2, 0.25) is 0 Å². The number of carbonyl (C=O) groups excluding carboxylic acids is 1. The van der Waals surface area contributed by atoms with Crippen molar-refractivity contribution in [1.29, 1.82) is 0 Å². The lowest BCUT2D eigenvalue weighted by molar-refractivity contribution is -0.153. The molecule has 0 aromatic heterocycles. The maximum Gasteiger partial charge on any atom is 0.306 e. The van der Waals surface area contributed by atoms with Crippen LogP contribution in [-0.4, -0.2) is 34.5 Å². The van der Waals surface area contributed by atoms with E-state index in [-0.39, 0.29) is 23.9 Å². The first-order chi connectivity index (χ1) is 10.6. The van der Waals surface area contributed by atoms with Gasteiger partial charge < -0.3 is 14.9 Å². The van der Waals surface area contributed by atoms with E-state index in [2.05, 4.69) is 12.2 Å². The van der Waals surface area contributed by atoms with E-state index in [9.17, 15) is 15.0 Å². The van der Waals surface area contributed by atoms with E-state index in [1.807, 2.05) is 19.1 Å². The number of hydrogen-bond donors (Lipinski definition) is 2. The summed E-state index contributed by atoms with van der Waals surface area (Å²) < 4.78 is 5.64. The highest BCUT2D eigenvalue weighted by Crippen LogP contribution is 2.38. The highest BCUT2D eigenvalue weighted by Gasteiger charge is 2.44. The van der Waals surface area contributed by atoms with Crippen molar-refractivity contribution in [2.24, 2.45) is 11.8 Å². The summed E-state index contributed by atoms with van der Waals surface area (Å²) in [6.45, 7) is 1.99. The number of aliphatic hydroxyl groups is 2. The molecule has 4 heteroatoms. The molecule has 0 radical (unpaired) electrons. The lowest BCUT2D eigenvalue weighted by atomic mass is 9.88. The zero-order chi connectivity index (χ0) is 15.9. The zero-order valence-corrected chi connectivity index (χ0v) is 13.4. The summed E-state index contributed by atoms with van der Waals surface area (Å²) >= 11 is 0. The molecule has 1 heterocycles. The van der Waals surface area contributed by atoms with E-state index in [0.29, 0.717) is 19.3 Å². The topological polar surface area (TPSA) is 66.8 Å². The summed E-state index contributed by atoms with van der Waals surface area (Å²) in [5.74, 6) is -0.322. The molecule has 1 aliphatic heterocycles. The molecule has 0 aromatic rings. The van der Waals surface area contributed by atoms with Crippen LogP contribution in [0.3, 0.4) is 0 Å². The van der Waals surface area contributed by atoms with Crippen LogP contribution < -0.4 is 0 Å². The van der Waals surface area contributed by atoms with Gasteiger partial charge in [-0.1, -0.05) is 31.2 Å². The van der Waals surface area contributed by atoms with Crippen molar-refractivity contribution in [3.05, 3.63) is 24.3 Å². The van der Waals surface area contributed by atoms with E-state index in [1.165, 1.54) is 0 Å². The average Bonchev–Trinajstić information content (AvgIpc) is 2.78. The minimum absolute atomic E-state index is 0.0119. The van der Waals surface area contributed by atoms with Crippen LogP contribution in [0.2, 0.25) is 0 Å². The maximum atomic E-state index is 12.0. The van der Waals surface area contributed by atoms with E-state index in [1.54, 1.807) is 0 Å². The first-order valence-corrected chi connectivity index (χ1v) is 8.50. The molecule has 22 heavy (non-hydrogen) atoms. The van der Waals surface area contributed by atoms with Crippen LogP contribution in [0, 0.1) is 11.8 Å². The van der Waals surface area contributed by atoms with Crippen LogP contribution >= 0.6 is 0 Å². The molecule has 2 rings (SSSR count). The van der Waals surface area contributed by atoms with Gasteiger partial charge in [0.15, 0.2) is 0 Å². The maximum absolute atomic E-state index is 12.0. The number of fused-ring (bicyclic) bond motifs is 1. The Labute approximate surface area is 132 Å². The predicted molar refractivity (Wildman–Crippen MR) is 85.1 cm³/mol. The largest absolute Gasteiger partial charge is 0.462 e. The summed E-state index contributed by atoms with van der Waals surface area (Å²) in [4.78, 5) is 12.0. The highest BCUT2D eigenvalue weighted by atomic mass is 16.5. The molecule has 0 bridgehead atoms. The van der Waals surface area contributed by atoms with E-state index >= 15 is 0 Å². The Hall–Kier alpha value is -1.13. The van der Waals surface area contributed by atoms with Gasteiger partial charge in [-0.25, -0.2) is 0 Å². The highest BCUT2D eigenvalue weighted by molar-refractivity contribution is 5.69. The van der Waals surface area contributed by atoms with Crippen LogP contribution in [0.4, 0.5) is 0 Å². The molecule has 0 amide bonds. The fourth-order valence-electron chi connectivity index (χ4n) is 3.50. The third-order valence-electron chi connectivity index (χ3n) is 4.76. The number of aliphatic hydroxyl groups excluding tert-OH is 2. The van der Waals surface area contributed by atoms with Gasteiger partial charge in [0.25, 0.3) is 0 Å². The summed E-state index contributed by atoms with van der Waals surface area (Å²) in [6, 6.07) is 0. The number of ether oxygens (including phenoxy) is 1. The van der Waals surface area contributed by atoms with Gasteiger partial charge in [0.1, 0.15) is 6.10 Å². The zero-order valence-electron chi connectivity index (χ0n) is 13.4. The Kier molecular flexibility index (Phi) is 6.65. The second-order valence-electron chi connectivity index (χ2n) is 6.35. The normalized spacial score (nSPS) is 40.3. The van der Waals surface area contributed by atoms with E-state index in [4.69, 9.17) is 4.74 Å². The molecule has 1 fully saturated rings. The Morgan fingerprint density at radius 1 is 1.23 bits per heavy atom. The van der Waals surface area contributed by atoms with Crippen molar-refractivity contribution >= 4 is 5.97 Å². The van der Waals surface area contributed by atoms with Crippen molar-refractivity contribution in [2.75, 3.05) is 0 Å². The third-order valence-corrected chi connectivity index (χ3v) is 4.76. The number of rotatable bonds is 1. The fraction of sp³-hybridized carbons (Fsp3) is 0.722. The first-order valence-electron chi connectivity index (χ1n) is 8.50. The Morgan fingerprint density at radius 2 is 2.05 bits per heavy atom. The summed E-state index contributed by atoms with van der Waals surface area (Å²) in [6.07, 6.45) is 11.8. The molecule has 1 aliphatic carbocycles. The number of hydrogen-bond acceptors (Lipinski definition) is 4. The molecule has 2 N–H and O–H groups in total. The molecule has 124 valence electrons. The van der Waals surface area contributed by atoms with Crippen molar-refractivity contribution in [3.63, 3.8) is 0 Å². The smallest absolute Gasteiger partial charge is 0.306 e. The number of carbonyl (C=O) groups is 1. The van der Waals surface area contributed by atoms with Crippen LogP contribution in [0.25, 0.3) is 0 Å².